The van der Waals surface area contributed by atoms with Gasteiger partial charge in [-0.2, -0.15) is 4.31 Å². The van der Waals surface area contributed by atoms with Crippen LogP contribution in [0.15, 0.2) is 57.9 Å². The van der Waals surface area contributed by atoms with Crippen molar-refractivity contribution in [1.29, 1.82) is 0 Å². The molecule has 0 bridgehead atoms. The zero-order valence-electron chi connectivity index (χ0n) is 16.4. The van der Waals surface area contributed by atoms with Gasteiger partial charge in [-0.3, -0.25) is 4.79 Å². The van der Waals surface area contributed by atoms with E-state index in [1.54, 1.807) is 24.3 Å². The Morgan fingerprint density at radius 3 is 1.93 bits per heavy atom. The summed E-state index contributed by atoms with van der Waals surface area (Å²) in [5, 5.41) is 0. The van der Waals surface area contributed by atoms with Gasteiger partial charge in [0.1, 0.15) is 0 Å². The quantitative estimate of drug-likeness (QED) is 0.373. The van der Waals surface area contributed by atoms with Crippen molar-refractivity contribution in [2.45, 2.75) is 31.6 Å². The molecule has 0 atom stereocenters. The molecular formula is C21H24BrNO5S. The first-order valence-electron chi connectivity index (χ1n) is 9.35. The Labute approximate surface area is 180 Å². The molecule has 0 saturated heterocycles. The molecule has 2 rings (SSSR count). The Balaban J connectivity index is 2.04. The number of benzene rings is 2. The van der Waals surface area contributed by atoms with E-state index in [2.05, 4.69) is 15.9 Å². The van der Waals surface area contributed by atoms with Gasteiger partial charge in [-0.05, 0) is 49.2 Å². The molecule has 0 radical (unpaired) electrons. The molecule has 6 nitrogen and oxygen atoms in total. The predicted octanol–water partition coefficient (Wildman–Crippen LogP) is 4.30. The van der Waals surface area contributed by atoms with E-state index in [-0.39, 0.29) is 22.8 Å². The zero-order chi connectivity index (χ0) is 21.4. The lowest BCUT2D eigenvalue weighted by atomic mass is 10.1. The molecule has 0 aliphatic carbocycles. The Morgan fingerprint density at radius 1 is 0.897 bits per heavy atom. The van der Waals surface area contributed by atoms with E-state index in [9.17, 15) is 18.0 Å². The summed E-state index contributed by atoms with van der Waals surface area (Å²) < 4.78 is 32.9. The minimum Gasteiger partial charge on any atom is -0.454 e. The molecule has 29 heavy (non-hydrogen) atoms. The molecule has 8 heteroatoms. The maximum atomic E-state index is 12.8. The maximum Gasteiger partial charge on any atom is 0.338 e. The lowest BCUT2D eigenvalue weighted by Gasteiger charge is -2.21. The Hall–Kier alpha value is -2.03. The summed E-state index contributed by atoms with van der Waals surface area (Å²) >= 11 is 3.29. The van der Waals surface area contributed by atoms with Gasteiger partial charge in [0.25, 0.3) is 0 Å². The standard InChI is InChI=1S/C21H24BrNO5S/c1-3-13-23(14-4-2)29(26,27)19-11-7-17(8-12-19)21(25)28-15-20(24)16-5-9-18(22)10-6-16/h5-12H,3-4,13-15H2,1-2H3. The van der Waals surface area contributed by atoms with Gasteiger partial charge >= 0.3 is 5.97 Å². The van der Waals surface area contributed by atoms with Crippen molar-refractivity contribution in [2.24, 2.45) is 0 Å². The summed E-state index contributed by atoms with van der Waals surface area (Å²) in [5.41, 5.74) is 0.625. The van der Waals surface area contributed by atoms with Crippen LogP contribution in [0.5, 0.6) is 0 Å². The van der Waals surface area contributed by atoms with Gasteiger partial charge in [0, 0.05) is 23.1 Å². The number of rotatable bonds is 10. The van der Waals surface area contributed by atoms with E-state index >= 15 is 0 Å². The molecule has 0 aliphatic rings. The lowest BCUT2D eigenvalue weighted by Crippen LogP contribution is -2.32. The number of Topliss-reactive ketones (excluding diaryl/α,β-unsaturated/α-hetero) is 1. The molecule has 0 heterocycles. The summed E-state index contributed by atoms with van der Waals surface area (Å²) in [6, 6.07) is 12.3. The van der Waals surface area contributed by atoms with Crippen LogP contribution in [0, 0.1) is 0 Å². The first kappa shape index (κ1) is 23.3. The van der Waals surface area contributed by atoms with Crippen LogP contribution in [0.4, 0.5) is 0 Å². The van der Waals surface area contributed by atoms with Crippen LogP contribution in [-0.4, -0.2) is 44.2 Å². The average Bonchev–Trinajstić information content (AvgIpc) is 2.72. The summed E-state index contributed by atoms with van der Waals surface area (Å²) in [5.74, 6) is -1.00. The van der Waals surface area contributed by atoms with Gasteiger partial charge in [0.05, 0.1) is 10.5 Å². The smallest absolute Gasteiger partial charge is 0.338 e. The van der Waals surface area contributed by atoms with Crippen LogP contribution in [-0.2, 0) is 14.8 Å². The highest BCUT2D eigenvalue weighted by atomic mass is 79.9. The number of hydrogen-bond acceptors (Lipinski definition) is 5. The Kier molecular flexibility index (Phi) is 8.55. The third-order valence-corrected chi connectivity index (χ3v) is 6.62. The number of ether oxygens (including phenoxy) is 1. The molecule has 2 aromatic carbocycles. The number of carbonyl (C=O) groups excluding carboxylic acids is 2. The fourth-order valence-corrected chi connectivity index (χ4v) is 4.58. The zero-order valence-corrected chi connectivity index (χ0v) is 18.8. The second-order valence-electron chi connectivity index (χ2n) is 6.43. The van der Waals surface area contributed by atoms with Crippen LogP contribution >= 0.6 is 15.9 Å². The molecule has 0 spiro atoms. The number of nitrogens with zero attached hydrogens (tertiary/aromatic N) is 1. The number of esters is 1. The molecule has 2 aromatic rings. The van der Waals surface area contributed by atoms with Gasteiger partial charge in [-0.25, -0.2) is 13.2 Å². The highest BCUT2D eigenvalue weighted by Gasteiger charge is 2.23. The second-order valence-corrected chi connectivity index (χ2v) is 9.29. The lowest BCUT2D eigenvalue weighted by molar-refractivity contribution is 0.0474. The monoisotopic (exact) mass is 481 g/mol. The summed E-state index contributed by atoms with van der Waals surface area (Å²) in [6.45, 7) is 4.34. The van der Waals surface area contributed by atoms with E-state index in [0.717, 1.165) is 17.3 Å². The molecule has 0 aromatic heterocycles. The third-order valence-electron chi connectivity index (χ3n) is 4.17. The largest absolute Gasteiger partial charge is 0.454 e. The number of hydrogen-bond donors (Lipinski definition) is 0. The van der Waals surface area contributed by atoms with Crippen molar-refractivity contribution < 1.29 is 22.7 Å². The van der Waals surface area contributed by atoms with E-state index in [0.29, 0.717) is 18.7 Å². The van der Waals surface area contributed by atoms with Crippen molar-refractivity contribution in [1.82, 2.24) is 4.31 Å². The molecule has 0 unspecified atom stereocenters. The van der Waals surface area contributed by atoms with Crippen molar-refractivity contribution in [3.05, 3.63) is 64.1 Å². The number of sulfonamides is 1. The van der Waals surface area contributed by atoms with Crippen molar-refractivity contribution in [3.63, 3.8) is 0 Å². The second kappa shape index (κ2) is 10.7. The molecule has 0 N–H and O–H groups in total. The summed E-state index contributed by atoms with van der Waals surface area (Å²) in [6.07, 6.45) is 1.44. The van der Waals surface area contributed by atoms with Crippen LogP contribution < -0.4 is 0 Å². The van der Waals surface area contributed by atoms with E-state index < -0.39 is 16.0 Å². The SMILES string of the molecule is CCCN(CCC)S(=O)(=O)c1ccc(C(=O)OCC(=O)c2ccc(Br)cc2)cc1. The van der Waals surface area contributed by atoms with Crippen molar-refractivity contribution >= 4 is 37.7 Å². The highest BCUT2D eigenvalue weighted by Crippen LogP contribution is 2.18. The van der Waals surface area contributed by atoms with E-state index in [1.807, 2.05) is 13.8 Å². The van der Waals surface area contributed by atoms with Gasteiger partial charge in [0.2, 0.25) is 10.0 Å². The molecule has 0 amide bonds. The summed E-state index contributed by atoms with van der Waals surface area (Å²) in [7, 11) is -3.61. The van der Waals surface area contributed by atoms with Gasteiger partial charge in [-0.1, -0.05) is 41.9 Å². The number of halogens is 1. The molecule has 0 aliphatic heterocycles. The van der Waals surface area contributed by atoms with Gasteiger partial charge in [-0.15, -0.1) is 0 Å². The normalized spacial score (nSPS) is 11.4. The highest BCUT2D eigenvalue weighted by molar-refractivity contribution is 9.10. The average molecular weight is 482 g/mol. The molecule has 156 valence electrons. The summed E-state index contributed by atoms with van der Waals surface area (Å²) in [4.78, 5) is 24.4. The van der Waals surface area contributed by atoms with Gasteiger partial charge in [0.15, 0.2) is 12.4 Å². The fraction of sp³-hybridized carbons (Fsp3) is 0.333. The van der Waals surface area contributed by atoms with E-state index in [4.69, 9.17) is 4.74 Å². The van der Waals surface area contributed by atoms with Crippen LogP contribution in [0.1, 0.15) is 47.4 Å². The molecule has 0 fully saturated rings. The Morgan fingerprint density at radius 2 is 1.41 bits per heavy atom. The van der Waals surface area contributed by atoms with Gasteiger partial charge < -0.3 is 4.74 Å². The fourth-order valence-electron chi connectivity index (χ4n) is 2.70. The minimum atomic E-state index is -3.61. The first-order chi connectivity index (χ1) is 13.8. The molecule has 0 saturated carbocycles. The maximum absolute atomic E-state index is 12.8. The minimum absolute atomic E-state index is 0.127. The van der Waals surface area contributed by atoms with E-state index in [1.165, 1.54) is 28.6 Å². The number of carbonyl (C=O) groups is 2. The van der Waals surface area contributed by atoms with Crippen LogP contribution in [0.3, 0.4) is 0 Å². The third kappa shape index (κ3) is 6.22. The Bertz CT molecular complexity index is 934. The van der Waals surface area contributed by atoms with Crippen LogP contribution in [0.2, 0.25) is 0 Å². The van der Waals surface area contributed by atoms with Crippen molar-refractivity contribution in [2.75, 3.05) is 19.7 Å². The first-order valence-corrected chi connectivity index (χ1v) is 11.6. The van der Waals surface area contributed by atoms with Crippen molar-refractivity contribution in [3.8, 4) is 0 Å². The van der Waals surface area contributed by atoms with Crippen LogP contribution in [0.25, 0.3) is 0 Å². The molecular weight excluding hydrogens is 458 g/mol. The number of ketones is 1. The predicted molar refractivity (Wildman–Crippen MR) is 115 cm³/mol. The topological polar surface area (TPSA) is 80.8 Å².